The second-order valence-corrected chi connectivity index (χ2v) is 7.91. The van der Waals surface area contributed by atoms with Gasteiger partial charge in [0.15, 0.2) is 0 Å². The van der Waals surface area contributed by atoms with Gasteiger partial charge in [0.25, 0.3) is 0 Å². The molecule has 2 aromatic rings. The lowest BCUT2D eigenvalue weighted by molar-refractivity contribution is 0.199. The fraction of sp³-hybridized carbons (Fsp3) is 0.526. The molecule has 1 aromatic heterocycles. The highest BCUT2D eigenvalue weighted by Crippen LogP contribution is 2.17. The zero-order chi connectivity index (χ0) is 16.9. The summed E-state index contributed by atoms with van der Waals surface area (Å²) in [5.74, 6) is -0.156. The molecule has 1 fully saturated rings. The van der Waals surface area contributed by atoms with Crippen molar-refractivity contribution in [2.24, 2.45) is 0 Å². The van der Waals surface area contributed by atoms with Gasteiger partial charge in [-0.15, -0.1) is 11.3 Å². The Morgan fingerprint density at radius 3 is 2.54 bits per heavy atom. The van der Waals surface area contributed by atoms with Crippen LogP contribution in [0.3, 0.4) is 0 Å². The van der Waals surface area contributed by atoms with Gasteiger partial charge < -0.3 is 10.2 Å². The lowest BCUT2D eigenvalue weighted by atomic mass is 10.0. The third kappa shape index (κ3) is 4.85. The van der Waals surface area contributed by atoms with Crippen molar-refractivity contribution in [3.63, 3.8) is 0 Å². The van der Waals surface area contributed by atoms with E-state index in [1.54, 1.807) is 23.5 Å². The predicted octanol–water partition coefficient (Wildman–Crippen LogP) is 3.70. The molecule has 1 saturated heterocycles. The zero-order valence-electron chi connectivity index (χ0n) is 14.5. The molecular weight excluding hydrogens is 321 g/mol. The van der Waals surface area contributed by atoms with Crippen LogP contribution in [0.25, 0.3) is 0 Å². The van der Waals surface area contributed by atoms with E-state index >= 15 is 0 Å². The van der Waals surface area contributed by atoms with Crippen molar-refractivity contribution in [3.8, 4) is 0 Å². The number of hydrogen-bond donors (Lipinski definition) is 1. The summed E-state index contributed by atoms with van der Waals surface area (Å²) in [6, 6.07) is 7.47. The highest BCUT2D eigenvalue weighted by atomic mass is 32.1. The molecule has 3 nitrogen and oxygen atoms in total. The molecule has 1 aliphatic heterocycles. The molecule has 0 radical (unpaired) electrons. The lowest BCUT2D eigenvalue weighted by Gasteiger charge is -2.32. The van der Waals surface area contributed by atoms with Crippen LogP contribution < -0.4 is 5.32 Å². The van der Waals surface area contributed by atoms with Gasteiger partial charge in [-0.2, -0.15) is 0 Å². The van der Waals surface area contributed by atoms with E-state index in [0.29, 0.717) is 6.04 Å². The molecule has 0 aliphatic carbocycles. The highest BCUT2D eigenvalue weighted by molar-refractivity contribution is 7.11. The number of halogens is 1. The van der Waals surface area contributed by atoms with E-state index in [1.807, 2.05) is 12.1 Å². The molecule has 2 heterocycles. The maximum atomic E-state index is 12.9. The van der Waals surface area contributed by atoms with Crippen LogP contribution in [0.4, 0.5) is 4.39 Å². The number of piperidine rings is 1. The number of aromatic nitrogens is 1. The Kier molecular flexibility index (Phi) is 5.98. The fourth-order valence-corrected chi connectivity index (χ4v) is 4.03. The van der Waals surface area contributed by atoms with E-state index < -0.39 is 0 Å². The molecule has 1 N–H and O–H groups in total. The number of nitrogens with zero attached hydrogens (tertiary/aromatic N) is 2. The van der Waals surface area contributed by atoms with Crippen molar-refractivity contribution in [1.82, 2.24) is 15.2 Å². The van der Waals surface area contributed by atoms with Gasteiger partial charge in [0.05, 0.1) is 5.69 Å². The third-order valence-corrected chi connectivity index (χ3v) is 5.91. The molecule has 5 heteroatoms. The Morgan fingerprint density at radius 2 is 1.92 bits per heavy atom. The smallest absolute Gasteiger partial charge is 0.123 e. The van der Waals surface area contributed by atoms with Crippen molar-refractivity contribution in [3.05, 3.63) is 51.2 Å². The standard InChI is InChI=1S/C19H26FN3S/c1-14-15(2)24-19(22-14)13-21-18-8-11-23(12-9-18)10-7-16-3-5-17(20)6-4-16/h3-6,18,21H,7-13H2,1-2H3. The number of aryl methyl sites for hydroxylation is 2. The number of thiazole rings is 1. The summed E-state index contributed by atoms with van der Waals surface area (Å²) in [5, 5.41) is 4.86. The van der Waals surface area contributed by atoms with Crippen molar-refractivity contribution in [2.45, 2.75) is 45.7 Å². The summed E-state index contributed by atoms with van der Waals surface area (Å²) in [7, 11) is 0. The largest absolute Gasteiger partial charge is 0.308 e. The van der Waals surface area contributed by atoms with Crippen molar-refractivity contribution < 1.29 is 4.39 Å². The van der Waals surface area contributed by atoms with Gasteiger partial charge in [0, 0.05) is 24.0 Å². The average molecular weight is 348 g/mol. The second kappa shape index (κ2) is 8.19. The Labute approximate surface area is 147 Å². The Morgan fingerprint density at radius 1 is 1.21 bits per heavy atom. The SMILES string of the molecule is Cc1nc(CNC2CCN(CCc3ccc(F)cc3)CC2)sc1C. The van der Waals surface area contributed by atoms with E-state index in [2.05, 4.69) is 29.0 Å². The minimum absolute atomic E-state index is 0.156. The molecule has 0 atom stereocenters. The molecule has 0 amide bonds. The first-order valence-corrected chi connectivity index (χ1v) is 9.55. The van der Waals surface area contributed by atoms with Crippen molar-refractivity contribution in [2.75, 3.05) is 19.6 Å². The molecule has 24 heavy (non-hydrogen) atoms. The first-order chi connectivity index (χ1) is 11.6. The van der Waals surface area contributed by atoms with Crippen LogP contribution in [0.5, 0.6) is 0 Å². The third-order valence-electron chi connectivity index (χ3n) is 4.83. The molecule has 0 unspecified atom stereocenters. The van der Waals surface area contributed by atoms with Crippen LogP contribution >= 0.6 is 11.3 Å². The van der Waals surface area contributed by atoms with Crippen LogP contribution in [0, 0.1) is 19.7 Å². The topological polar surface area (TPSA) is 28.2 Å². The Hall–Kier alpha value is -1.30. The maximum Gasteiger partial charge on any atom is 0.123 e. The van der Waals surface area contributed by atoms with E-state index in [4.69, 9.17) is 0 Å². The van der Waals surface area contributed by atoms with Crippen LogP contribution in [0.1, 0.15) is 34.0 Å². The first-order valence-electron chi connectivity index (χ1n) is 8.73. The minimum Gasteiger partial charge on any atom is -0.308 e. The molecular formula is C19H26FN3S. The van der Waals surface area contributed by atoms with Crippen molar-refractivity contribution >= 4 is 11.3 Å². The van der Waals surface area contributed by atoms with Gasteiger partial charge in [0.1, 0.15) is 10.8 Å². The predicted molar refractivity (Wildman–Crippen MR) is 98.0 cm³/mol. The first kappa shape index (κ1) is 17.5. The number of benzene rings is 1. The average Bonchev–Trinajstić information content (AvgIpc) is 2.91. The molecule has 130 valence electrons. The molecule has 1 aromatic carbocycles. The minimum atomic E-state index is -0.156. The number of hydrogen-bond acceptors (Lipinski definition) is 4. The van der Waals surface area contributed by atoms with E-state index in [1.165, 1.54) is 28.3 Å². The van der Waals surface area contributed by atoms with Crippen LogP contribution in [-0.2, 0) is 13.0 Å². The van der Waals surface area contributed by atoms with Gasteiger partial charge in [-0.3, -0.25) is 0 Å². The molecule has 1 aliphatic rings. The van der Waals surface area contributed by atoms with Crippen LogP contribution in [0.2, 0.25) is 0 Å². The van der Waals surface area contributed by atoms with Gasteiger partial charge in [-0.1, -0.05) is 12.1 Å². The molecule has 0 spiro atoms. The Bertz CT molecular complexity index is 626. The normalized spacial score (nSPS) is 16.6. The zero-order valence-corrected chi connectivity index (χ0v) is 15.3. The second-order valence-electron chi connectivity index (χ2n) is 6.62. The summed E-state index contributed by atoms with van der Waals surface area (Å²) < 4.78 is 12.9. The van der Waals surface area contributed by atoms with Crippen LogP contribution in [0.15, 0.2) is 24.3 Å². The fourth-order valence-electron chi connectivity index (χ4n) is 3.15. The maximum absolute atomic E-state index is 12.9. The quantitative estimate of drug-likeness (QED) is 0.864. The number of likely N-dealkylation sites (tertiary alicyclic amines) is 1. The highest BCUT2D eigenvalue weighted by Gasteiger charge is 2.19. The summed E-state index contributed by atoms with van der Waals surface area (Å²) in [6.07, 6.45) is 3.37. The summed E-state index contributed by atoms with van der Waals surface area (Å²) in [4.78, 5) is 8.43. The van der Waals surface area contributed by atoms with E-state index in [0.717, 1.165) is 38.3 Å². The van der Waals surface area contributed by atoms with E-state index in [9.17, 15) is 4.39 Å². The summed E-state index contributed by atoms with van der Waals surface area (Å²) in [6.45, 7) is 8.43. The number of nitrogens with one attached hydrogen (secondary N) is 1. The molecule has 3 rings (SSSR count). The van der Waals surface area contributed by atoms with Gasteiger partial charge in [0.2, 0.25) is 0 Å². The van der Waals surface area contributed by atoms with Gasteiger partial charge >= 0.3 is 0 Å². The van der Waals surface area contributed by atoms with Crippen LogP contribution in [-0.4, -0.2) is 35.6 Å². The molecule has 0 saturated carbocycles. The monoisotopic (exact) mass is 347 g/mol. The number of rotatable bonds is 6. The van der Waals surface area contributed by atoms with Gasteiger partial charge in [-0.05, 0) is 63.9 Å². The summed E-state index contributed by atoms with van der Waals surface area (Å²) in [5.41, 5.74) is 2.37. The Balaban J connectivity index is 1.37. The van der Waals surface area contributed by atoms with E-state index in [-0.39, 0.29) is 5.82 Å². The van der Waals surface area contributed by atoms with Gasteiger partial charge in [-0.25, -0.2) is 9.37 Å². The molecule has 0 bridgehead atoms. The lowest BCUT2D eigenvalue weighted by Crippen LogP contribution is -2.42. The van der Waals surface area contributed by atoms with Crippen molar-refractivity contribution in [1.29, 1.82) is 0 Å². The summed E-state index contributed by atoms with van der Waals surface area (Å²) >= 11 is 1.80.